The molecule has 0 unspecified atom stereocenters. The number of thiazole rings is 1. The fourth-order valence-electron chi connectivity index (χ4n) is 2.17. The topological polar surface area (TPSA) is 78.9 Å². The molecule has 0 radical (unpaired) electrons. The van der Waals surface area contributed by atoms with Crippen LogP contribution in [0.25, 0.3) is 0 Å². The molecule has 1 heterocycles. The highest BCUT2D eigenvalue weighted by molar-refractivity contribution is 14.0. The van der Waals surface area contributed by atoms with Crippen LogP contribution in [0.1, 0.15) is 43.3 Å². The van der Waals surface area contributed by atoms with Crippen LogP contribution in [-0.2, 0) is 11.2 Å². The number of rotatable bonds is 7. The van der Waals surface area contributed by atoms with Crippen LogP contribution in [0.15, 0.2) is 4.99 Å². The average molecular weight is 511 g/mol. The molecule has 2 N–H and O–H groups in total. The van der Waals surface area contributed by atoms with Crippen LogP contribution < -0.4 is 10.6 Å². The number of amides is 1. The third kappa shape index (κ3) is 10.1. The summed E-state index contributed by atoms with van der Waals surface area (Å²) in [5.74, 6) is 0.718. The summed E-state index contributed by atoms with van der Waals surface area (Å²) < 4.78 is 5.41. The van der Waals surface area contributed by atoms with Gasteiger partial charge < -0.3 is 20.3 Å². The zero-order valence-electron chi connectivity index (χ0n) is 17.5. The molecule has 9 heteroatoms. The lowest BCUT2D eigenvalue weighted by Crippen LogP contribution is -2.44. The van der Waals surface area contributed by atoms with E-state index in [1.54, 1.807) is 23.3 Å². The lowest BCUT2D eigenvalue weighted by atomic mass is 10.2. The van der Waals surface area contributed by atoms with Crippen LogP contribution in [0.5, 0.6) is 0 Å². The number of aromatic nitrogens is 1. The Hall–Kier alpha value is -1.10. The molecule has 0 bridgehead atoms. The molecule has 0 fully saturated rings. The number of ether oxygens (including phenoxy) is 1. The van der Waals surface area contributed by atoms with Crippen LogP contribution in [-0.4, -0.2) is 60.8 Å². The molecule has 0 saturated carbocycles. The highest BCUT2D eigenvalue weighted by Gasteiger charge is 2.20. The summed E-state index contributed by atoms with van der Waals surface area (Å²) in [6.07, 6.45) is 0.568. The molecule has 0 atom stereocenters. The lowest BCUT2D eigenvalue weighted by molar-refractivity contribution is 0.0264. The van der Waals surface area contributed by atoms with E-state index in [9.17, 15) is 4.79 Å². The first-order valence-corrected chi connectivity index (χ1v) is 9.83. The van der Waals surface area contributed by atoms with Crippen molar-refractivity contribution in [2.45, 2.75) is 53.6 Å². The molecule has 1 amide bonds. The van der Waals surface area contributed by atoms with Gasteiger partial charge in [0.25, 0.3) is 0 Å². The number of aryl methyl sites for hydroxylation is 2. The first-order valence-electron chi connectivity index (χ1n) is 9.01. The summed E-state index contributed by atoms with van der Waals surface area (Å²) in [5, 5.41) is 7.63. The van der Waals surface area contributed by atoms with Crippen LogP contribution >= 0.6 is 35.3 Å². The van der Waals surface area contributed by atoms with Crippen molar-refractivity contribution in [3.05, 3.63) is 15.6 Å². The molecule has 0 aliphatic rings. The molecule has 0 aromatic carbocycles. The molecule has 156 valence electrons. The predicted octanol–water partition coefficient (Wildman–Crippen LogP) is 3.34. The van der Waals surface area contributed by atoms with Crippen molar-refractivity contribution in [3.8, 4) is 0 Å². The summed E-state index contributed by atoms with van der Waals surface area (Å²) >= 11 is 1.74. The van der Waals surface area contributed by atoms with E-state index in [4.69, 9.17) is 4.74 Å². The minimum Gasteiger partial charge on any atom is -0.444 e. The molecule has 27 heavy (non-hydrogen) atoms. The maximum atomic E-state index is 12.1. The van der Waals surface area contributed by atoms with Gasteiger partial charge in [0, 0.05) is 44.5 Å². The van der Waals surface area contributed by atoms with Gasteiger partial charge in [-0.2, -0.15) is 0 Å². The van der Waals surface area contributed by atoms with Gasteiger partial charge in [-0.1, -0.05) is 0 Å². The number of likely N-dealkylation sites (N-methyl/N-ethyl adjacent to an activating group) is 1. The summed E-state index contributed by atoms with van der Waals surface area (Å²) in [6, 6.07) is 0. The normalized spacial score (nSPS) is 11.6. The second kappa shape index (κ2) is 12.4. The first-order chi connectivity index (χ1) is 12.2. The van der Waals surface area contributed by atoms with E-state index in [0.29, 0.717) is 19.6 Å². The smallest absolute Gasteiger partial charge is 0.410 e. The van der Waals surface area contributed by atoms with Crippen molar-refractivity contribution < 1.29 is 9.53 Å². The second-order valence-corrected chi connectivity index (χ2v) is 8.27. The summed E-state index contributed by atoms with van der Waals surface area (Å²) in [4.78, 5) is 23.8. The van der Waals surface area contributed by atoms with Crippen molar-refractivity contribution >= 4 is 47.4 Å². The van der Waals surface area contributed by atoms with Gasteiger partial charge in [-0.3, -0.25) is 4.99 Å². The molecule has 1 aromatic rings. The molecule has 0 aliphatic heterocycles. The van der Waals surface area contributed by atoms with Gasteiger partial charge >= 0.3 is 6.09 Å². The number of carbonyl (C=O) groups is 1. The van der Waals surface area contributed by atoms with Crippen molar-refractivity contribution in [1.29, 1.82) is 0 Å². The van der Waals surface area contributed by atoms with Gasteiger partial charge in [0.2, 0.25) is 0 Å². The Morgan fingerprint density at radius 1 is 1.26 bits per heavy atom. The molecule has 7 nitrogen and oxygen atoms in total. The molecule has 1 aromatic heterocycles. The number of aliphatic imine (C=N–C) groups is 1. The number of carbonyl (C=O) groups excluding carboxylic acids is 1. The van der Waals surface area contributed by atoms with E-state index in [2.05, 4.69) is 27.5 Å². The van der Waals surface area contributed by atoms with Gasteiger partial charge in [-0.15, -0.1) is 35.3 Å². The zero-order chi connectivity index (χ0) is 19.7. The van der Waals surface area contributed by atoms with E-state index in [1.807, 2.05) is 34.6 Å². The molecule has 0 aliphatic carbocycles. The molecular formula is C18H34IN5O2S. The highest BCUT2D eigenvalue weighted by atomic mass is 127. The van der Waals surface area contributed by atoms with Gasteiger partial charge in [0.05, 0.1) is 10.7 Å². The minimum atomic E-state index is -0.484. The molecular weight excluding hydrogens is 477 g/mol. The Labute approximate surface area is 184 Å². The average Bonchev–Trinajstić information content (AvgIpc) is 2.86. The fraction of sp³-hybridized carbons (Fsp3) is 0.722. The standard InChI is InChI=1S/C18H33N5O2S.HI/c1-8-23(17(24)25-18(4,5)6)12-11-21-16(19-7)20-10-9-15-22-13(2)14(3)26-15;/h8-12H2,1-7H3,(H2,19,20,21);1H. The van der Waals surface area contributed by atoms with E-state index in [1.165, 1.54) is 4.88 Å². The Kier molecular flexibility index (Phi) is 11.9. The maximum absolute atomic E-state index is 12.1. The third-order valence-electron chi connectivity index (χ3n) is 3.64. The number of nitrogens with one attached hydrogen (secondary N) is 2. The molecule has 0 saturated heterocycles. The number of nitrogens with zero attached hydrogens (tertiary/aromatic N) is 3. The molecule has 0 spiro atoms. The van der Waals surface area contributed by atoms with E-state index in [-0.39, 0.29) is 30.1 Å². The van der Waals surface area contributed by atoms with Crippen molar-refractivity contribution in [1.82, 2.24) is 20.5 Å². The quantitative estimate of drug-likeness (QED) is 0.334. The van der Waals surface area contributed by atoms with Gasteiger partial charge in [0.15, 0.2) is 5.96 Å². The predicted molar refractivity (Wildman–Crippen MR) is 124 cm³/mol. The minimum absolute atomic E-state index is 0. The lowest BCUT2D eigenvalue weighted by Gasteiger charge is -2.26. The monoisotopic (exact) mass is 511 g/mol. The summed E-state index contributed by atoms with van der Waals surface area (Å²) in [7, 11) is 1.73. The SMILES string of the molecule is CCN(CCNC(=NC)NCCc1nc(C)c(C)s1)C(=O)OC(C)(C)C.I. The summed E-state index contributed by atoms with van der Waals surface area (Å²) in [5.41, 5.74) is 0.622. The number of guanidine groups is 1. The van der Waals surface area contributed by atoms with Crippen molar-refractivity contribution in [3.63, 3.8) is 0 Å². The van der Waals surface area contributed by atoms with Crippen LogP contribution in [0.4, 0.5) is 4.79 Å². The van der Waals surface area contributed by atoms with E-state index in [0.717, 1.165) is 29.6 Å². The maximum Gasteiger partial charge on any atom is 0.410 e. The zero-order valence-corrected chi connectivity index (χ0v) is 20.7. The Morgan fingerprint density at radius 2 is 1.89 bits per heavy atom. The van der Waals surface area contributed by atoms with Crippen molar-refractivity contribution in [2.75, 3.05) is 33.2 Å². The largest absolute Gasteiger partial charge is 0.444 e. The Morgan fingerprint density at radius 3 is 2.37 bits per heavy atom. The summed E-state index contributed by atoms with van der Waals surface area (Å²) in [6.45, 7) is 14.2. The number of hydrogen-bond acceptors (Lipinski definition) is 5. The van der Waals surface area contributed by atoms with Gasteiger partial charge in [-0.05, 0) is 41.5 Å². The highest BCUT2D eigenvalue weighted by Crippen LogP contribution is 2.16. The second-order valence-electron chi connectivity index (χ2n) is 6.98. The third-order valence-corrected chi connectivity index (χ3v) is 4.77. The number of hydrogen-bond donors (Lipinski definition) is 2. The van der Waals surface area contributed by atoms with E-state index >= 15 is 0 Å². The molecule has 1 rings (SSSR count). The van der Waals surface area contributed by atoms with Gasteiger partial charge in [-0.25, -0.2) is 9.78 Å². The van der Waals surface area contributed by atoms with E-state index < -0.39 is 5.60 Å². The van der Waals surface area contributed by atoms with Crippen LogP contribution in [0.2, 0.25) is 0 Å². The van der Waals surface area contributed by atoms with Crippen LogP contribution in [0, 0.1) is 13.8 Å². The Bertz CT molecular complexity index is 594. The fourth-order valence-corrected chi connectivity index (χ4v) is 3.10. The van der Waals surface area contributed by atoms with Crippen molar-refractivity contribution in [2.24, 2.45) is 4.99 Å². The Balaban J connectivity index is 0.00000676. The number of halogens is 1. The van der Waals surface area contributed by atoms with Gasteiger partial charge in [0.1, 0.15) is 5.60 Å². The first kappa shape index (κ1) is 25.9. The van der Waals surface area contributed by atoms with Crippen LogP contribution in [0.3, 0.4) is 0 Å².